The van der Waals surface area contributed by atoms with E-state index in [4.69, 9.17) is 0 Å². The maximum atomic E-state index is 13.6. The van der Waals surface area contributed by atoms with Gasteiger partial charge in [0.2, 0.25) is 5.95 Å². The lowest BCUT2D eigenvalue weighted by molar-refractivity contribution is 0.619. The fraction of sp³-hybridized carbons (Fsp3) is 0.286. The third kappa shape index (κ3) is 3.40. The average Bonchev–Trinajstić information content (AvgIpc) is 2.44. The number of halogens is 1. The van der Waals surface area contributed by atoms with Crippen LogP contribution in [0.2, 0.25) is 0 Å². The predicted molar refractivity (Wildman–Crippen MR) is 75.3 cm³/mol. The van der Waals surface area contributed by atoms with Crippen LogP contribution in [0.5, 0.6) is 0 Å². The van der Waals surface area contributed by atoms with E-state index in [1.807, 2.05) is 24.3 Å². The summed E-state index contributed by atoms with van der Waals surface area (Å²) >= 11 is 0. The first-order chi connectivity index (χ1) is 9.22. The van der Waals surface area contributed by atoms with Gasteiger partial charge in [0.25, 0.3) is 0 Å². The second-order valence-corrected chi connectivity index (χ2v) is 4.21. The number of aromatic nitrogens is 2. The van der Waals surface area contributed by atoms with E-state index in [0.29, 0.717) is 5.95 Å². The molecule has 0 aliphatic carbocycles. The van der Waals surface area contributed by atoms with Crippen molar-refractivity contribution in [3.8, 4) is 0 Å². The average molecular weight is 260 g/mol. The summed E-state index contributed by atoms with van der Waals surface area (Å²) in [4.78, 5) is 7.84. The minimum absolute atomic E-state index is 0.169. The molecule has 0 atom stereocenters. The molecule has 4 nitrogen and oxygen atoms in total. The van der Waals surface area contributed by atoms with Gasteiger partial charge in [-0.1, -0.05) is 25.5 Å². The molecule has 19 heavy (non-hydrogen) atoms. The lowest BCUT2D eigenvalue weighted by Crippen LogP contribution is -2.03. The van der Waals surface area contributed by atoms with Gasteiger partial charge >= 0.3 is 0 Å². The van der Waals surface area contributed by atoms with Gasteiger partial charge in [-0.05, 0) is 24.1 Å². The molecule has 0 aliphatic heterocycles. The van der Waals surface area contributed by atoms with Crippen LogP contribution < -0.4 is 10.6 Å². The molecule has 0 spiro atoms. The molecule has 5 heteroatoms. The highest BCUT2D eigenvalue weighted by Gasteiger charge is 2.06. The Labute approximate surface area is 112 Å². The van der Waals surface area contributed by atoms with Crippen molar-refractivity contribution >= 4 is 17.5 Å². The zero-order valence-corrected chi connectivity index (χ0v) is 11.1. The first-order valence-electron chi connectivity index (χ1n) is 6.29. The Hall–Kier alpha value is -2.17. The van der Waals surface area contributed by atoms with E-state index in [9.17, 15) is 4.39 Å². The number of aryl methyl sites for hydroxylation is 1. The summed E-state index contributed by atoms with van der Waals surface area (Å²) in [5, 5.41) is 5.73. The Morgan fingerprint density at radius 3 is 2.58 bits per heavy atom. The van der Waals surface area contributed by atoms with Crippen molar-refractivity contribution in [2.45, 2.75) is 19.8 Å². The summed E-state index contributed by atoms with van der Waals surface area (Å²) in [6, 6.07) is 7.91. The van der Waals surface area contributed by atoms with Gasteiger partial charge in [-0.3, -0.25) is 0 Å². The van der Waals surface area contributed by atoms with Crippen molar-refractivity contribution < 1.29 is 4.39 Å². The Morgan fingerprint density at radius 2 is 1.95 bits per heavy atom. The minimum Gasteiger partial charge on any atom is -0.357 e. The van der Waals surface area contributed by atoms with Gasteiger partial charge in [-0.15, -0.1) is 0 Å². The molecule has 0 saturated heterocycles. The molecule has 2 N–H and O–H groups in total. The van der Waals surface area contributed by atoms with Crippen molar-refractivity contribution in [3.05, 3.63) is 41.8 Å². The number of rotatable bonds is 5. The smallest absolute Gasteiger partial charge is 0.224 e. The van der Waals surface area contributed by atoms with Crippen LogP contribution in [0.4, 0.5) is 21.8 Å². The fourth-order valence-corrected chi connectivity index (χ4v) is 1.76. The van der Waals surface area contributed by atoms with Gasteiger partial charge in [-0.2, -0.15) is 4.98 Å². The highest BCUT2D eigenvalue weighted by atomic mass is 19.1. The predicted octanol–water partition coefficient (Wildman–Crippen LogP) is 3.35. The maximum absolute atomic E-state index is 13.6. The first kappa shape index (κ1) is 13.3. The second kappa shape index (κ2) is 6.13. The molecule has 1 aromatic heterocycles. The van der Waals surface area contributed by atoms with Crippen LogP contribution >= 0.6 is 0 Å². The summed E-state index contributed by atoms with van der Waals surface area (Å²) < 4.78 is 13.6. The first-order valence-corrected chi connectivity index (χ1v) is 6.29. The third-order valence-corrected chi connectivity index (χ3v) is 2.72. The van der Waals surface area contributed by atoms with E-state index in [2.05, 4.69) is 27.5 Å². The van der Waals surface area contributed by atoms with Crippen molar-refractivity contribution in [2.75, 3.05) is 17.7 Å². The molecule has 0 fully saturated rings. The summed E-state index contributed by atoms with van der Waals surface area (Å²) in [6.07, 6.45) is 3.30. The van der Waals surface area contributed by atoms with Crippen LogP contribution in [0.1, 0.15) is 18.9 Å². The molecular weight excluding hydrogens is 243 g/mol. The number of nitrogens with one attached hydrogen (secondary N) is 2. The zero-order valence-electron chi connectivity index (χ0n) is 11.1. The van der Waals surface area contributed by atoms with Crippen LogP contribution in [-0.2, 0) is 6.42 Å². The van der Waals surface area contributed by atoms with Crippen LogP contribution in [0.3, 0.4) is 0 Å². The molecule has 0 aliphatic rings. The monoisotopic (exact) mass is 260 g/mol. The molecule has 0 unspecified atom stereocenters. The van der Waals surface area contributed by atoms with Gasteiger partial charge in [0.05, 0.1) is 6.20 Å². The summed E-state index contributed by atoms with van der Waals surface area (Å²) in [6.45, 7) is 2.14. The normalized spacial score (nSPS) is 10.3. The highest BCUT2D eigenvalue weighted by molar-refractivity contribution is 5.57. The lowest BCUT2D eigenvalue weighted by Gasteiger charge is -2.08. The van der Waals surface area contributed by atoms with E-state index < -0.39 is 5.82 Å². The molecule has 0 radical (unpaired) electrons. The molecule has 1 aromatic carbocycles. The van der Waals surface area contributed by atoms with E-state index in [-0.39, 0.29) is 5.82 Å². The largest absolute Gasteiger partial charge is 0.357 e. The molecule has 0 amide bonds. The van der Waals surface area contributed by atoms with Crippen molar-refractivity contribution in [1.82, 2.24) is 9.97 Å². The molecule has 1 heterocycles. The van der Waals surface area contributed by atoms with Crippen LogP contribution in [0.25, 0.3) is 0 Å². The molecule has 100 valence electrons. The summed E-state index contributed by atoms with van der Waals surface area (Å²) in [7, 11) is 1.69. The standard InChI is InChI=1S/C14H17FN4/c1-3-4-10-5-7-11(8-6-10)18-13-12(15)9-17-14(16-2)19-13/h5-9H,3-4H2,1-2H3,(H2,16,17,18,19). The molecular formula is C14H17FN4. The highest BCUT2D eigenvalue weighted by Crippen LogP contribution is 2.19. The van der Waals surface area contributed by atoms with Crippen molar-refractivity contribution in [1.29, 1.82) is 0 Å². The second-order valence-electron chi connectivity index (χ2n) is 4.21. The zero-order chi connectivity index (χ0) is 13.7. The summed E-state index contributed by atoms with van der Waals surface area (Å²) in [5.74, 6) is 0.0747. The van der Waals surface area contributed by atoms with Gasteiger partial charge in [0.1, 0.15) is 0 Å². The van der Waals surface area contributed by atoms with E-state index >= 15 is 0 Å². The van der Waals surface area contributed by atoms with Gasteiger partial charge < -0.3 is 10.6 Å². The maximum Gasteiger partial charge on any atom is 0.224 e. The van der Waals surface area contributed by atoms with Crippen LogP contribution in [-0.4, -0.2) is 17.0 Å². The SMILES string of the molecule is CCCc1ccc(Nc2nc(NC)ncc2F)cc1. The third-order valence-electron chi connectivity index (χ3n) is 2.72. The quantitative estimate of drug-likeness (QED) is 0.865. The Kier molecular flexibility index (Phi) is 4.28. The Balaban J connectivity index is 2.16. The molecule has 0 saturated carbocycles. The van der Waals surface area contributed by atoms with Crippen LogP contribution in [0.15, 0.2) is 30.5 Å². The topological polar surface area (TPSA) is 49.8 Å². The fourth-order valence-electron chi connectivity index (χ4n) is 1.76. The number of hydrogen-bond donors (Lipinski definition) is 2. The number of nitrogens with zero attached hydrogens (tertiary/aromatic N) is 2. The molecule has 2 rings (SSSR count). The van der Waals surface area contributed by atoms with Gasteiger partial charge in [0.15, 0.2) is 11.6 Å². The van der Waals surface area contributed by atoms with Gasteiger partial charge in [-0.25, -0.2) is 9.37 Å². The number of benzene rings is 1. The lowest BCUT2D eigenvalue weighted by atomic mass is 10.1. The van der Waals surface area contributed by atoms with Gasteiger partial charge in [0, 0.05) is 12.7 Å². The number of hydrogen-bond acceptors (Lipinski definition) is 4. The molecule has 0 bridgehead atoms. The van der Waals surface area contributed by atoms with E-state index in [1.165, 1.54) is 5.56 Å². The molecule has 2 aromatic rings. The van der Waals surface area contributed by atoms with E-state index in [1.54, 1.807) is 7.05 Å². The van der Waals surface area contributed by atoms with Crippen molar-refractivity contribution in [3.63, 3.8) is 0 Å². The van der Waals surface area contributed by atoms with Crippen molar-refractivity contribution in [2.24, 2.45) is 0 Å². The van der Waals surface area contributed by atoms with Crippen LogP contribution in [0, 0.1) is 5.82 Å². The van der Waals surface area contributed by atoms with E-state index in [0.717, 1.165) is 24.7 Å². The summed E-state index contributed by atoms with van der Waals surface area (Å²) in [5.41, 5.74) is 2.08. The Bertz CT molecular complexity index is 540. The number of anilines is 3. The Morgan fingerprint density at radius 1 is 1.21 bits per heavy atom. The minimum atomic E-state index is -0.475.